The number of ether oxygens (including phenoxy) is 2. The number of aldehydes is 1. The molecule has 1 rings (SSSR count). The highest BCUT2D eigenvalue weighted by molar-refractivity contribution is 5.77. The lowest BCUT2D eigenvalue weighted by atomic mass is 9.90. The van der Waals surface area contributed by atoms with Crippen LogP contribution in [0.25, 0.3) is 0 Å². The van der Waals surface area contributed by atoms with Crippen molar-refractivity contribution in [2.24, 2.45) is 11.8 Å². The summed E-state index contributed by atoms with van der Waals surface area (Å²) in [6.07, 6.45) is 4.45. The summed E-state index contributed by atoms with van der Waals surface area (Å²) in [6.45, 7) is 7.15. The number of carbonyl (C=O) groups excluding carboxylic acids is 2. The number of likely N-dealkylation sites (N-methyl/N-ethyl adjacent to an activating group) is 1. The maximum atomic E-state index is 13.2. The van der Waals surface area contributed by atoms with Gasteiger partial charge in [0.05, 0.1) is 24.7 Å². The molecule has 0 aromatic carbocycles. The molecule has 6 heteroatoms. The molecule has 1 fully saturated rings. The minimum atomic E-state index is -0.142. The van der Waals surface area contributed by atoms with E-state index in [0.29, 0.717) is 18.8 Å². The van der Waals surface area contributed by atoms with Crippen LogP contribution >= 0.6 is 0 Å². The molecule has 0 aliphatic carbocycles. The molecule has 0 aromatic heterocycles. The summed E-state index contributed by atoms with van der Waals surface area (Å²) in [7, 11) is 7.47. The van der Waals surface area contributed by atoms with Crippen molar-refractivity contribution in [1.29, 1.82) is 0 Å². The van der Waals surface area contributed by atoms with E-state index in [2.05, 4.69) is 18.7 Å². The van der Waals surface area contributed by atoms with Crippen LogP contribution in [0.15, 0.2) is 0 Å². The summed E-state index contributed by atoms with van der Waals surface area (Å²) >= 11 is 0. The summed E-state index contributed by atoms with van der Waals surface area (Å²) in [5.41, 5.74) is 0. The van der Waals surface area contributed by atoms with Crippen molar-refractivity contribution in [2.75, 3.05) is 34.9 Å². The molecule has 1 amide bonds. The largest absolute Gasteiger partial charge is 0.379 e. The molecule has 0 N–H and O–H groups in total. The van der Waals surface area contributed by atoms with Crippen LogP contribution in [-0.4, -0.2) is 81.1 Å². The summed E-state index contributed by atoms with van der Waals surface area (Å²) in [4.78, 5) is 28.2. The summed E-state index contributed by atoms with van der Waals surface area (Å²) in [5.74, 6) is 0.657. The van der Waals surface area contributed by atoms with Crippen molar-refractivity contribution >= 4 is 12.2 Å². The van der Waals surface area contributed by atoms with Gasteiger partial charge in [0, 0.05) is 33.2 Å². The molecule has 0 saturated carbocycles. The first-order chi connectivity index (χ1) is 12.8. The number of hydrogen-bond donors (Lipinski definition) is 0. The van der Waals surface area contributed by atoms with E-state index in [-0.39, 0.29) is 36.1 Å². The summed E-state index contributed by atoms with van der Waals surface area (Å²) < 4.78 is 11.5. The zero-order valence-corrected chi connectivity index (χ0v) is 18.3. The van der Waals surface area contributed by atoms with Gasteiger partial charge in [-0.05, 0) is 38.8 Å². The van der Waals surface area contributed by atoms with Crippen LogP contribution in [0.4, 0.5) is 0 Å². The van der Waals surface area contributed by atoms with Crippen molar-refractivity contribution < 1.29 is 19.1 Å². The van der Waals surface area contributed by atoms with Crippen LogP contribution < -0.4 is 0 Å². The quantitative estimate of drug-likeness (QED) is 0.484. The standard InChI is InChI=1S/C21H40N2O4/c1-8-15(2)20(22(4)5)18(26-6)14-19(25)23-12-9-10-17(23)21(27-7)16(3)11-13-24/h13,15-18,20-21H,8-12,14H2,1-7H3. The average Bonchev–Trinajstić information content (AvgIpc) is 3.10. The fourth-order valence-electron chi connectivity index (χ4n) is 4.58. The highest BCUT2D eigenvalue weighted by atomic mass is 16.5. The normalized spacial score (nSPS) is 23.1. The lowest BCUT2D eigenvalue weighted by Crippen LogP contribution is -2.50. The van der Waals surface area contributed by atoms with Gasteiger partial charge in [0.25, 0.3) is 0 Å². The van der Waals surface area contributed by atoms with E-state index in [1.54, 1.807) is 14.2 Å². The number of nitrogens with zero attached hydrogens (tertiary/aromatic N) is 2. The molecule has 158 valence electrons. The Labute approximate surface area is 165 Å². The number of amides is 1. The van der Waals surface area contributed by atoms with Gasteiger partial charge in [-0.2, -0.15) is 0 Å². The third-order valence-electron chi connectivity index (χ3n) is 6.18. The predicted octanol–water partition coefficient (Wildman–Crippen LogP) is 2.60. The van der Waals surface area contributed by atoms with Gasteiger partial charge >= 0.3 is 0 Å². The second kappa shape index (κ2) is 11.8. The van der Waals surface area contributed by atoms with Gasteiger partial charge in [0.2, 0.25) is 5.91 Å². The predicted molar refractivity (Wildman–Crippen MR) is 108 cm³/mol. The molecule has 6 atom stereocenters. The van der Waals surface area contributed by atoms with E-state index in [4.69, 9.17) is 9.47 Å². The Balaban J connectivity index is 2.90. The molecule has 1 aliphatic rings. The molecule has 1 saturated heterocycles. The number of hydrogen-bond acceptors (Lipinski definition) is 5. The van der Waals surface area contributed by atoms with Gasteiger partial charge in [-0.25, -0.2) is 0 Å². The highest BCUT2D eigenvalue weighted by Gasteiger charge is 2.39. The Bertz CT molecular complexity index is 457. The van der Waals surface area contributed by atoms with Crippen molar-refractivity contribution in [2.45, 2.75) is 77.2 Å². The molecule has 0 aromatic rings. The van der Waals surface area contributed by atoms with E-state index < -0.39 is 0 Å². The lowest BCUT2D eigenvalue weighted by Gasteiger charge is -2.38. The average molecular weight is 385 g/mol. The molecule has 1 heterocycles. The number of carbonyl (C=O) groups is 2. The van der Waals surface area contributed by atoms with Crippen LogP contribution in [0.5, 0.6) is 0 Å². The van der Waals surface area contributed by atoms with Gasteiger partial charge in [0.1, 0.15) is 6.29 Å². The Morgan fingerprint density at radius 1 is 1.22 bits per heavy atom. The van der Waals surface area contributed by atoms with Crippen molar-refractivity contribution in [3.05, 3.63) is 0 Å². The van der Waals surface area contributed by atoms with Gasteiger partial charge in [-0.3, -0.25) is 4.79 Å². The Morgan fingerprint density at radius 2 is 1.89 bits per heavy atom. The zero-order chi connectivity index (χ0) is 20.6. The van der Waals surface area contributed by atoms with E-state index in [1.165, 1.54) is 0 Å². The molecule has 0 bridgehead atoms. The van der Waals surface area contributed by atoms with E-state index >= 15 is 0 Å². The van der Waals surface area contributed by atoms with Gasteiger partial charge in [-0.1, -0.05) is 27.2 Å². The van der Waals surface area contributed by atoms with Crippen molar-refractivity contribution in [3.8, 4) is 0 Å². The Kier molecular flexibility index (Phi) is 10.5. The smallest absolute Gasteiger partial charge is 0.225 e. The maximum Gasteiger partial charge on any atom is 0.225 e. The third-order valence-corrected chi connectivity index (χ3v) is 6.18. The molecular formula is C21H40N2O4. The first-order valence-corrected chi connectivity index (χ1v) is 10.3. The van der Waals surface area contributed by atoms with Crippen LogP contribution in [0, 0.1) is 11.8 Å². The van der Waals surface area contributed by atoms with E-state index in [0.717, 1.165) is 32.1 Å². The molecule has 1 aliphatic heterocycles. The monoisotopic (exact) mass is 384 g/mol. The fraction of sp³-hybridized carbons (Fsp3) is 0.905. The minimum absolute atomic E-state index is 0.0383. The SMILES string of the molecule is CCC(C)C(C(CC(=O)N1CCCC1C(OC)C(C)CC=O)OC)N(C)C. The van der Waals surface area contributed by atoms with Gasteiger partial charge in [0.15, 0.2) is 0 Å². The maximum absolute atomic E-state index is 13.2. The molecule has 0 spiro atoms. The summed E-state index contributed by atoms with van der Waals surface area (Å²) in [6, 6.07) is 0.230. The van der Waals surface area contributed by atoms with Crippen molar-refractivity contribution in [1.82, 2.24) is 9.80 Å². The fourth-order valence-corrected chi connectivity index (χ4v) is 4.58. The molecule has 6 nitrogen and oxygen atoms in total. The molecule has 0 radical (unpaired) electrons. The first kappa shape index (κ1) is 24.1. The van der Waals surface area contributed by atoms with E-state index in [1.807, 2.05) is 25.9 Å². The zero-order valence-electron chi connectivity index (χ0n) is 18.3. The number of methoxy groups -OCH3 is 2. The summed E-state index contributed by atoms with van der Waals surface area (Å²) in [5, 5.41) is 0. The van der Waals surface area contributed by atoms with Gasteiger partial charge in [-0.15, -0.1) is 0 Å². The second-order valence-electron chi connectivity index (χ2n) is 8.19. The minimum Gasteiger partial charge on any atom is -0.379 e. The topological polar surface area (TPSA) is 59.1 Å². The highest BCUT2D eigenvalue weighted by Crippen LogP contribution is 2.29. The van der Waals surface area contributed by atoms with Crippen LogP contribution in [0.3, 0.4) is 0 Å². The Hall–Kier alpha value is -0.980. The van der Waals surface area contributed by atoms with Gasteiger partial charge < -0.3 is 24.1 Å². The third kappa shape index (κ3) is 6.26. The first-order valence-electron chi connectivity index (χ1n) is 10.3. The molecule has 27 heavy (non-hydrogen) atoms. The second-order valence-corrected chi connectivity index (χ2v) is 8.19. The Morgan fingerprint density at radius 3 is 2.37 bits per heavy atom. The van der Waals surface area contributed by atoms with E-state index in [9.17, 15) is 9.59 Å². The van der Waals surface area contributed by atoms with Crippen molar-refractivity contribution in [3.63, 3.8) is 0 Å². The van der Waals surface area contributed by atoms with Crippen LogP contribution in [0.2, 0.25) is 0 Å². The molecule has 6 unspecified atom stereocenters. The van der Waals surface area contributed by atoms with Crippen LogP contribution in [-0.2, 0) is 19.1 Å². The molecular weight excluding hydrogens is 344 g/mol. The lowest BCUT2D eigenvalue weighted by molar-refractivity contribution is -0.139. The number of rotatable bonds is 12. The van der Waals surface area contributed by atoms with Crippen LogP contribution in [0.1, 0.15) is 52.9 Å². The number of likely N-dealkylation sites (tertiary alicyclic amines) is 1.